The molecule has 1 aliphatic rings. The van der Waals surface area contributed by atoms with Crippen molar-refractivity contribution in [2.24, 2.45) is 0 Å². The molecule has 0 bridgehead atoms. The molecule has 0 saturated heterocycles. The van der Waals surface area contributed by atoms with Crippen LogP contribution in [0.4, 0.5) is 0 Å². The standard InChI is InChI=1S/C14H16ClNO4S/c1-8(17)16-12(14(18)19)7-21-6-11-5-9-4-10(15)2-3-13(9)20-11/h2-4,11-12H,5-7H2,1H3,(H,16,17)(H,18,19). The van der Waals surface area contributed by atoms with Crippen molar-refractivity contribution < 1.29 is 19.4 Å². The number of rotatable bonds is 6. The predicted octanol–water partition coefficient (Wildman–Crippen LogP) is 1.97. The lowest BCUT2D eigenvalue weighted by Crippen LogP contribution is -2.41. The molecule has 1 amide bonds. The van der Waals surface area contributed by atoms with Crippen molar-refractivity contribution in [1.29, 1.82) is 0 Å². The monoisotopic (exact) mass is 329 g/mol. The summed E-state index contributed by atoms with van der Waals surface area (Å²) < 4.78 is 5.77. The van der Waals surface area contributed by atoms with E-state index in [1.165, 1.54) is 18.7 Å². The van der Waals surface area contributed by atoms with Gasteiger partial charge < -0.3 is 15.2 Å². The van der Waals surface area contributed by atoms with Crippen molar-refractivity contribution in [3.8, 4) is 5.75 Å². The molecule has 1 aromatic rings. The lowest BCUT2D eigenvalue weighted by molar-refractivity contribution is -0.140. The van der Waals surface area contributed by atoms with E-state index in [1.807, 2.05) is 12.1 Å². The molecule has 7 heteroatoms. The molecule has 1 heterocycles. The fourth-order valence-corrected chi connectivity index (χ4v) is 3.36. The first-order chi connectivity index (χ1) is 9.95. The van der Waals surface area contributed by atoms with Crippen LogP contribution >= 0.6 is 23.4 Å². The number of aliphatic carboxylic acids is 1. The van der Waals surface area contributed by atoms with Crippen LogP contribution in [0, 0.1) is 0 Å². The van der Waals surface area contributed by atoms with E-state index >= 15 is 0 Å². The highest BCUT2D eigenvalue weighted by molar-refractivity contribution is 7.99. The number of amides is 1. The lowest BCUT2D eigenvalue weighted by atomic mass is 10.1. The van der Waals surface area contributed by atoms with E-state index in [2.05, 4.69) is 5.32 Å². The normalized spacial score (nSPS) is 17.7. The minimum absolute atomic E-state index is 0.00948. The molecular weight excluding hydrogens is 314 g/mol. The summed E-state index contributed by atoms with van der Waals surface area (Å²) in [5.41, 5.74) is 1.07. The van der Waals surface area contributed by atoms with Crippen LogP contribution < -0.4 is 10.1 Å². The van der Waals surface area contributed by atoms with Gasteiger partial charge in [0.25, 0.3) is 0 Å². The lowest BCUT2D eigenvalue weighted by Gasteiger charge is -2.14. The number of carbonyl (C=O) groups excluding carboxylic acids is 1. The summed E-state index contributed by atoms with van der Waals surface area (Å²) in [5.74, 6) is 0.436. The Kier molecular flexibility index (Phi) is 5.36. The fourth-order valence-electron chi connectivity index (χ4n) is 2.12. The zero-order valence-corrected chi connectivity index (χ0v) is 13.0. The number of halogens is 1. The fraction of sp³-hybridized carbons (Fsp3) is 0.429. The Balaban J connectivity index is 1.80. The average molecular weight is 330 g/mol. The maximum absolute atomic E-state index is 11.0. The number of carboxylic acid groups (broad SMARTS) is 1. The highest BCUT2D eigenvalue weighted by atomic mass is 35.5. The molecule has 0 spiro atoms. The number of nitrogens with one attached hydrogen (secondary N) is 1. The van der Waals surface area contributed by atoms with Gasteiger partial charge in [0.2, 0.25) is 5.91 Å². The van der Waals surface area contributed by atoms with Crippen LogP contribution in [0.5, 0.6) is 5.75 Å². The van der Waals surface area contributed by atoms with Gasteiger partial charge in [-0.1, -0.05) is 11.6 Å². The average Bonchev–Trinajstić information content (AvgIpc) is 2.78. The molecule has 0 radical (unpaired) electrons. The molecule has 1 aliphatic heterocycles. The Hall–Kier alpha value is -1.40. The third kappa shape index (κ3) is 4.54. The zero-order chi connectivity index (χ0) is 15.4. The minimum atomic E-state index is -1.03. The molecule has 2 unspecified atom stereocenters. The first kappa shape index (κ1) is 16.0. The van der Waals surface area contributed by atoms with Crippen molar-refractivity contribution in [3.05, 3.63) is 28.8 Å². The zero-order valence-electron chi connectivity index (χ0n) is 11.5. The molecule has 0 fully saturated rings. The minimum Gasteiger partial charge on any atom is -0.489 e. The number of benzene rings is 1. The van der Waals surface area contributed by atoms with Crippen LogP contribution in [0.3, 0.4) is 0 Å². The van der Waals surface area contributed by atoms with Crippen LogP contribution in [0.15, 0.2) is 18.2 Å². The van der Waals surface area contributed by atoms with E-state index in [0.29, 0.717) is 16.5 Å². The summed E-state index contributed by atoms with van der Waals surface area (Å²) in [6.07, 6.45) is 0.774. The van der Waals surface area contributed by atoms with Crippen molar-refractivity contribution in [3.63, 3.8) is 0 Å². The summed E-state index contributed by atoms with van der Waals surface area (Å²) in [6, 6.07) is 4.65. The topological polar surface area (TPSA) is 75.6 Å². The molecule has 0 aromatic heterocycles. The number of hydrogen-bond acceptors (Lipinski definition) is 4. The predicted molar refractivity (Wildman–Crippen MR) is 82.1 cm³/mol. The summed E-state index contributed by atoms with van der Waals surface area (Å²) in [6.45, 7) is 1.31. The maximum atomic E-state index is 11.0. The SMILES string of the molecule is CC(=O)NC(CSCC1Cc2cc(Cl)ccc2O1)C(=O)O. The van der Waals surface area contributed by atoms with Crippen LogP contribution in [-0.4, -0.2) is 40.6 Å². The molecule has 5 nitrogen and oxygen atoms in total. The Morgan fingerprint density at radius 3 is 3.00 bits per heavy atom. The molecule has 0 aliphatic carbocycles. The number of fused-ring (bicyclic) bond motifs is 1. The third-order valence-corrected chi connectivity index (χ3v) is 4.44. The first-order valence-electron chi connectivity index (χ1n) is 6.48. The van der Waals surface area contributed by atoms with Gasteiger partial charge in [0, 0.05) is 29.9 Å². The molecule has 2 rings (SSSR count). The second kappa shape index (κ2) is 7.04. The van der Waals surface area contributed by atoms with E-state index in [9.17, 15) is 9.59 Å². The highest BCUT2D eigenvalue weighted by Crippen LogP contribution is 2.32. The Morgan fingerprint density at radius 1 is 1.57 bits per heavy atom. The van der Waals surface area contributed by atoms with E-state index in [-0.39, 0.29) is 12.0 Å². The molecule has 0 saturated carbocycles. The van der Waals surface area contributed by atoms with Gasteiger partial charge in [-0.05, 0) is 23.8 Å². The Bertz CT molecular complexity index is 552. The van der Waals surface area contributed by atoms with E-state index in [0.717, 1.165) is 17.7 Å². The Labute approximate surface area is 132 Å². The first-order valence-corrected chi connectivity index (χ1v) is 8.01. The van der Waals surface area contributed by atoms with Gasteiger partial charge in [-0.2, -0.15) is 11.8 Å². The second-order valence-corrected chi connectivity index (χ2v) is 6.34. The maximum Gasteiger partial charge on any atom is 0.327 e. The van der Waals surface area contributed by atoms with Gasteiger partial charge in [-0.25, -0.2) is 4.79 Å². The summed E-state index contributed by atoms with van der Waals surface area (Å²) >= 11 is 7.38. The summed E-state index contributed by atoms with van der Waals surface area (Å²) in [7, 11) is 0. The number of ether oxygens (including phenoxy) is 1. The van der Waals surface area contributed by atoms with Crippen LogP contribution in [0.2, 0.25) is 5.02 Å². The van der Waals surface area contributed by atoms with E-state index < -0.39 is 12.0 Å². The summed E-state index contributed by atoms with van der Waals surface area (Å²) in [4.78, 5) is 21.9. The molecule has 2 N–H and O–H groups in total. The van der Waals surface area contributed by atoms with Crippen LogP contribution in [-0.2, 0) is 16.0 Å². The van der Waals surface area contributed by atoms with Gasteiger partial charge in [0.15, 0.2) is 0 Å². The van der Waals surface area contributed by atoms with E-state index in [4.69, 9.17) is 21.4 Å². The van der Waals surface area contributed by atoms with Crippen molar-refractivity contribution in [2.75, 3.05) is 11.5 Å². The van der Waals surface area contributed by atoms with Gasteiger partial charge in [0.1, 0.15) is 17.9 Å². The van der Waals surface area contributed by atoms with Crippen LogP contribution in [0.1, 0.15) is 12.5 Å². The summed E-state index contributed by atoms with van der Waals surface area (Å²) in [5, 5.41) is 12.1. The van der Waals surface area contributed by atoms with E-state index in [1.54, 1.807) is 6.07 Å². The molecule has 2 atom stereocenters. The smallest absolute Gasteiger partial charge is 0.327 e. The second-order valence-electron chi connectivity index (χ2n) is 4.82. The van der Waals surface area contributed by atoms with Gasteiger partial charge >= 0.3 is 5.97 Å². The molecular formula is C14H16ClNO4S. The van der Waals surface area contributed by atoms with Crippen molar-refractivity contribution >= 4 is 35.2 Å². The molecule has 114 valence electrons. The Morgan fingerprint density at radius 2 is 2.33 bits per heavy atom. The quantitative estimate of drug-likeness (QED) is 0.834. The van der Waals surface area contributed by atoms with Crippen molar-refractivity contribution in [2.45, 2.75) is 25.5 Å². The number of hydrogen-bond donors (Lipinski definition) is 2. The number of carboxylic acids is 1. The number of carbonyl (C=O) groups is 2. The largest absolute Gasteiger partial charge is 0.489 e. The van der Waals surface area contributed by atoms with Gasteiger partial charge in [-0.3, -0.25) is 4.79 Å². The number of thioether (sulfide) groups is 1. The molecule has 21 heavy (non-hydrogen) atoms. The van der Waals surface area contributed by atoms with Gasteiger partial charge in [0.05, 0.1) is 0 Å². The van der Waals surface area contributed by atoms with Gasteiger partial charge in [-0.15, -0.1) is 0 Å². The van der Waals surface area contributed by atoms with Crippen molar-refractivity contribution in [1.82, 2.24) is 5.32 Å². The third-order valence-electron chi connectivity index (χ3n) is 3.03. The molecule has 1 aromatic carbocycles. The highest BCUT2D eigenvalue weighted by Gasteiger charge is 2.24. The van der Waals surface area contributed by atoms with Crippen LogP contribution in [0.25, 0.3) is 0 Å².